The number of hydrazine groups is 1. The Balaban J connectivity index is -0.000000109. The Morgan fingerprint density at radius 3 is 1.44 bits per heavy atom. The van der Waals surface area contributed by atoms with Gasteiger partial charge in [-0.3, -0.25) is 16.5 Å². The van der Waals surface area contributed by atoms with Gasteiger partial charge in [0.1, 0.15) is 0 Å². The van der Waals surface area contributed by atoms with Gasteiger partial charge in [-0.1, -0.05) is 0 Å². The van der Waals surface area contributed by atoms with E-state index in [9.17, 15) is 4.79 Å². The highest BCUT2D eigenvalue weighted by molar-refractivity contribution is 5.85. The fourth-order valence-corrected chi connectivity index (χ4v) is 0. The van der Waals surface area contributed by atoms with Crippen LogP contribution in [0.2, 0.25) is 0 Å². The first-order chi connectivity index (χ1) is 3.64. The summed E-state index contributed by atoms with van der Waals surface area (Å²) in [5.41, 5.74) is 0. The second kappa shape index (κ2) is 10.6. The average molecular weight is 156 g/mol. The van der Waals surface area contributed by atoms with E-state index >= 15 is 0 Å². The van der Waals surface area contributed by atoms with Gasteiger partial charge in [-0.25, -0.2) is 0 Å². The van der Waals surface area contributed by atoms with Gasteiger partial charge in [-0.2, -0.15) is 0 Å². The van der Waals surface area contributed by atoms with Crippen molar-refractivity contribution in [2.24, 2.45) is 11.7 Å². The first kappa shape index (κ1) is 15.9. The molecule has 0 aromatic heterocycles. The summed E-state index contributed by atoms with van der Waals surface area (Å²) in [7, 11) is 3.45. The highest BCUT2D eigenvalue weighted by Crippen LogP contribution is 1.69. The van der Waals surface area contributed by atoms with E-state index in [0.717, 1.165) is 0 Å². The molecule has 0 saturated carbocycles. The lowest BCUT2D eigenvalue weighted by atomic mass is 10.7. The molecule has 0 aromatic rings. The van der Waals surface area contributed by atoms with Crippen LogP contribution in [0.25, 0.3) is 0 Å². The summed E-state index contributed by atoms with van der Waals surface area (Å²) in [4.78, 5) is 11.6. The van der Waals surface area contributed by atoms with Crippen LogP contribution in [0.5, 0.6) is 0 Å². The van der Waals surface area contributed by atoms with Crippen molar-refractivity contribution in [3.63, 3.8) is 0 Å². The lowest BCUT2D eigenvalue weighted by Gasteiger charge is -2.02. The van der Waals surface area contributed by atoms with Crippen molar-refractivity contribution in [1.82, 2.24) is 4.90 Å². The van der Waals surface area contributed by atoms with Gasteiger partial charge >= 0.3 is 0 Å². The molecule has 0 heterocycles. The number of nitrogens with two attached hydrogens (primary N) is 2. The van der Waals surface area contributed by atoms with Crippen LogP contribution in [0.3, 0.4) is 0 Å². The predicted molar refractivity (Wildman–Crippen MR) is 40.0 cm³/mol. The first-order valence-electron chi connectivity index (χ1n) is 2.16. The molecule has 0 radical (unpaired) electrons. The number of carbonyl (C=O) groups excluding carboxylic acids is 1. The van der Waals surface area contributed by atoms with E-state index in [0.29, 0.717) is 0 Å². The molecule has 0 saturated heterocycles. The van der Waals surface area contributed by atoms with Gasteiger partial charge in [-0.15, -0.1) is 12.4 Å². The molecule has 0 atom stereocenters. The molecular formula is C4H14ClN3O. The third-order valence-electron chi connectivity index (χ3n) is 0.630. The van der Waals surface area contributed by atoms with Crippen LogP contribution in [0.15, 0.2) is 0 Å². The third kappa shape index (κ3) is 18.3. The fraction of sp³-hybridized carbons (Fsp3) is 0.750. The number of hydrogen-bond acceptors (Lipinski definition) is 3. The first-order valence-corrected chi connectivity index (χ1v) is 2.16. The predicted octanol–water partition coefficient (Wildman–Crippen LogP) is -0.665. The molecule has 0 unspecified atom stereocenters. The van der Waals surface area contributed by atoms with E-state index in [-0.39, 0.29) is 18.3 Å². The van der Waals surface area contributed by atoms with Crippen LogP contribution in [0, 0.1) is 0 Å². The maximum absolute atomic E-state index is 10.1. The molecule has 58 valence electrons. The molecule has 0 aliphatic carbocycles. The van der Waals surface area contributed by atoms with Gasteiger partial charge in [0.25, 0.3) is 0 Å². The highest BCUT2D eigenvalue weighted by Gasteiger charge is 1.87. The zero-order valence-electron chi connectivity index (χ0n) is 5.92. The molecule has 5 heteroatoms. The molecule has 9 heavy (non-hydrogen) atoms. The van der Waals surface area contributed by atoms with Crippen LogP contribution >= 0.6 is 12.4 Å². The van der Waals surface area contributed by atoms with Crippen molar-refractivity contribution >= 4 is 18.3 Å². The number of rotatable bonds is 0. The normalized spacial score (nSPS) is 5.89. The van der Waals surface area contributed by atoms with Crippen molar-refractivity contribution in [3.05, 3.63) is 0 Å². The van der Waals surface area contributed by atoms with Crippen LogP contribution < -0.4 is 11.7 Å². The van der Waals surface area contributed by atoms with Crippen molar-refractivity contribution in [3.8, 4) is 0 Å². The zero-order valence-corrected chi connectivity index (χ0v) is 6.73. The minimum Gasteiger partial charge on any atom is -0.349 e. The minimum atomic E-state index is 0. The smallest absolute Gasteiger partial charge is 0.218 e. The summed E-state index contributed by atoms with van der Waals surface area (Å²) in [5, 5.41) is 0. The topological polar surface area (TPSA) is 72.3 Å². The number of amides is 1. The Kier molecular flexibility index (Phi) is 18.7. The van der Waals surface area contributed by atoms with Crippen LogP contribution in [-0.2, 0) is 4.79 Å². The number of carbonyl (C=O) groups is 1. The van der Waals surface area contributed by atoms with Gasteiger partial charge in [0.05, 0.1) is 0 Å². The summed E-state index contributed by atoms with van der Waals surface area (Å²) < 4.78 is 0. The molecule has 0 fully saturated rings. The van der Waals surface area contributed by atoms with Gasteiger partial charge in [0, 0.05) is 21.0 Å². The Bertz CT molecular complexity index is 66.8. The summed E-state index contributed by atoms with van der Waals surface area (Å²) >= 11 is 0. The number of halogens is 1. The zero-order chi connectivity index (χ0) is 7.15. The number of hydrogen-bond donors (Lipinski definition) is 2. The summed E-state index contributed by atoms with van der Waals surface area (Å²) in [5.74, 6) is 8.09. The lowest BCUT2D eigenvalue weighted by molar-refractivity contribution is -0.126. The van der Waals surface area contributed by atoms with Crippen LogP contribution in [0.1, 0.15) is 6.92 Å². The molecule has 0 rings (SSSR count). The molecule has 4 N–H and O–H groups in total. The molecule has 0 aliphatic rings. The second-order valence-corrected chi connectivity index (χ2v) is 1.41. The van der Waals surface area contributed by atoms with E-state index in [1.54, 1.807) is 14.1 Å². The second-order valence-electron chi connectivity index (χ2n) is 1.41. The van der Waals surface area contributed by atoms with Crippen LogP contribution in [0.4, 0.5) is 0 Å². The fourth-order valence-electron chi connectivity index (χ4n) is 0. The average Bonchev–Trinajstić information content (AvgIpc) is 1.72. The summed E-state index contributed by atoms with van der Waals surface area (Å²) in [6, 6.07) is 0. The van der Waals surface area contributed by atoms with Crippen molar-refractivity contribution in [2.75, 3.05) is 14.1 Å². The Morgan fingerprint density at radius 1 is 1.33 bits per heavy atom. The van der Waals surface area contributed by atoms with E-state index in [1.165, 1.54) is 11.8 Å². The Hall–Kier alpha value is -0.320. The molecule has 1 amide bonds. The van der Waals surface area contributed by atoms with E-state index in [2.05, 4.69) is 11.7 Å². The van der Waals surface area contributed by atoms with Gasteiger partial charge in [0.2, 0.25) is 5.91 Å². The molecule has 0 aliphatic heterocycles. The summed E-state index contributed by atoms with van der Waals surface area (Å²) in [6.07, 6.45) is 0. The van der Waals surface area contributed by atoms with Crippen molar-refractivity contribution < 1.29 is 4.79 Å². The standard InChI is InChI=1S/C4H9NO.ClH.H4N2/c1-4(6)5(2)3;;1-2/h1-3H3;1H;1-2H2. The molecule has 0 spiro atoms. The van der Waals surface area contributed by atoms with Crippen molar-refractivity contribution in [2.45, 2.75) is 6.92 Å². The van der Waals surface area contributed by atoms with E-state index in [4.69, 9.17) is 0 Å². The minimum absolute atomic E-state index is 0. The molecule has 0 aromatic carbocycles. The Labute approximate surface area is 61.6 Å². The van der Waals surface area contributed by atoms with E-state index in [1.807, 2.05) is 0 Å². The maximum Gasteiger partial charge on any atom is 0.218 e. The molecule has 4 nitrogen and oxygen atoms in total. The highest BCUT2D eigenvalue weighted by atomic mass is 35.5. The quantitative estimate of drug-likeness (QED) is 0.360. The van der Waals surface area contributed by atoms with Gasteiger partial charge in [0.15, 0.2) is 0 Å². The largest absolute Gasteiger partial charge is 0.349 e. The van der Waals surface area contributed by atoms with Gasteiger partial charge < -0.3 is 4.90 Å². The maximum atomic E-state index is 10.1. The lowest BCUT2D eigenvalue weighted by Crippen LogP contribution is -2.17. The monoisotopic (exact) mass is 155 g/mol. The van der Waals surface area contributed by atoms with Crippen LogP contribution in [-0.4, -0.2) is 24.9 Å². The summed E-state index contributed by atoms with van der Waals surface area (Å²) in [6.45, 7) is 1.53. The third-order valence-corrected chi connectivity index (χ3v) is 0.630. The number of nitrogens with zero attached hydrogens (tertiary/aromatic N) is 1. The SMILES string of the molecule is CC(=O)N(C)C.Cl.NN. The van der Waals surface area contributed by atoms with Gasteiger partial charge in [-0.05, 0) is 0 Å². The van der Waals surface area contributed by atoms with Crippen molar-refractivity contribution in [1.29, 1.82) is 0 Å². The Morgan fingerprint density at radius 2 is 1.44 bits per heavy atom. The molecule has 0 bridgehead atoms. The van der Waals surface area contributed by atoms with E-state index < -0.39 is 0 Å². The molecular weight excluding hydrogens is 142 g/mol.